The fourth-order valence-electron chi connectivity index (χ4n) is 2.18. The van der Waals surface area contributed by atoms with Gasteiger partial charge >= 0.3 is 0 Å². The van der Waals surface area contributed by atoms with Crippen LogP contribution in [0.15, 0.2) is 12.3 Å². The van der Waals surface area contributed by atoms with Crippen LogP contribution in [0, 0.1) is 0 Å². The Morgan fingerprint density at radius 2 is 2.11 bits per heavy atom. The third-order valence-electron chi connectivity index (χ3n) is 3.45. The normalized spacial score (nSPS) is 16.5. The van der Waals surface area contributed by atoms with Gasteiger partial charge in [0.05, 0.1) is 10.6 Å². The largest absolute Gasteiger partial charge is 0.373 e. The number of nitrogens with one attached hydrogen (secondary N) is 1. The second kappa shape index (κ2) is 6.21. The van der Waals surface area contributed by atoms with E-state index in [1.807, 2.05) is 4.90 Å². The predicted octanol–water partition coefficient (Wildman–Crippen LogP) is 1.55. The lowest BCUT2D eigenvalue weighted by Crippen LogP contribution is -2.48. The Hall–Kier alpha value is -1.33. The highest BCUT2D eigenvalue weighted by atomic mass is 35.5. The van der Waals surface area contributed by atoms with Crippen LogP contribution in [-0.2, 0) is 0 Å². The zero-order valence-electron chi connectivity index (χ0n) is 11.3. The van der Waals surface area contributed by atoms with E-state index in [0.717, 1.165) is 32.7 Å². The molecule has 1 aliphatic rings. The number of rotatable bonds is 3. The molecule has 0 saturated carbocycles. The monoisotopic (exact) mass is 282 g/mol. The first-order chi connectivity index (χ1) is 9.15. The molecule has 5 nitrogen and oxygen atoms in total. The molecule has 0 radical (unpaired) electrons. The smallest absolute Gasteiger partial charge is 0.255 e. The van der Waals surface area contributed by atoms with Crippen molar-refractivity contribution in [3.63, 3.8) is 0 Å². The van der Waals surface area contributed by atoms with Crippen LogP contribution < -0.4 is 5.32 Å². The molecular formula is C13H19ClN4O. The summed E-state index contributed by atoms with van der Waals surface area (Å²) in [5.41, 5.74) is 0.519. The molecule has 1 fully saturated rings. The number of amides is 1. The van der Waals surface area contributed by atoms with Crippen LogP contribution in [0.5, 0.6) is 0 Å². The minimum atomic E-state index is -0.0142. The minimum Gasteiger partial charge on any atom is -0.373 e. The number of carbonyl (C=O) groups is 1. The Bertz CT molecular complexity index is 458. The van der Waals surface area contributed by atoms with E-state index in [1.165, 1.54) is 6.20 Å². The number of pyridine rings is 1. The molecule has 1 aromatic rings. The van der Waals surface area contributed by atoms with Gasteiger partial charge in [0.2, 0.25) is 0 Å². The zero-order valence-corrected chi connectivity index (χ0v) is 12.1. The Kier molecular flexibility index (Phi) is 4.61. The molecule has 1 aromatic heterocycles. The summed E-state index contributed by atoms with van der Waals surface area (Å²) in [5.74, 6) is 0.639. The third-order valence-corrected chi connectivity index (χ3v) is 3.75. The van der Waals surface area contributed by atoms with Crippen LogP contribution in [0.4, 0.5) is 5.82 Å². The van der Waals surface area contributed by atoms with E-state index < -0.39 is 0 Å². The van der Waals surface area contributed by atoms with Crippen molar-refractivity contribution in [2.75, 3.05) is 45.1 Å². The van der Waals surface area contributed by atoms with Gasteiger partial charge < -0.3 is 15.1 Å². The lowest BCUT2D eigenvalue weighted by atomic mass is 10.2. The summed E-state index contributed by atoms with van der Waals surface area (Å²) in [6.45, 7) is 6.51. The van der Waals surface area contributed by atoms with Crippen molar-refractivity contribution in [3.05, 3.63) is 22.8 Å². The second-order valence-corrected chi connectivity index (χ2v) is 4.93. The van der Waals surface area contributed by atoms with Crippen molar-refractivity contribution in [1.29, 1.82) is 0 Å². The first-order valence-corrected chi connectivity index (χ1v) is 6.88. The third kappa shape index (κ3) is 3.16. The standard InChI is InChI=1S/C13H19ClN4O/c1-3-17-4-6-18(7-5-17)13(19)10-8-12(15-2)16-9-11(10)14/h8-9H,3-7H2,1-2H3,(H,15,16). The molecule has 2 heterocycles. The molecule has 6 heteroatoms. The molecule has 0 aromatic carbocycles. The Morgan fingerprint density at radius 1 is 1.42 bits per heavy atom. The Morgan fingerprint density at radius 3 is 2.68 bits per heavy atom. The average molecular weight is 283 g/mol. The summed E-state index contributed by atoms with van der Waals surface area (Å²) < 4.78 is 0. The number of nitrogens with zero attached hydrogens (tertiary/aromatic N) is 3. The van der Waals surface area contributed by atoms with E-state index in [9.17, 15) is 4.79 Å². The number of hydrogen-bond donors (Lipinski definition) is 1. The number of likely N-dealkylation sites (N-methyl/N-ethyl adjacent to an activating group) is 1. The molecule has 1 saturated heterocycles. The van der Waals surface area contributed by atoms with Crippen LogP contribution in [0.1, 0.15) is 17.3 Å². The lowest BCUT2D eigenvalue weighted by molar-refractivity contribution is 0.0643. The average Bonchev–Trinajstić information content (AvgIpc) is 2.47. The molecule has 19 heavy (non-hydrogen) atoms. The van der Waals surface area contributed by atoms with Gasteiger partial charge in [-0.15, -0.1) is 0 Å². The van der Waals surface area contributed by atoms with Crippen LogP contribution in [0.3, 0.4) is 0 Å². The van der Waals surface area contributed by atoms with Gasteiger partial charge in [-0.05, 0) is 12.6 Å². The molecule has 2 rings (SSSR count). The van der Waals surface area contributed by atoms with Crippen LogP contribution in [0.25, 0.3) is 0 Å². The van der Waals surface area contributed by atoms with E-state index in [1.54, 1.807) is 13.1 Å². The van der Waals surface area contributed by atoms with Crippen molar-refractivity contribution in [1.82, 2.24) is 14.8 Å². The maximum absolute atomic E-state index is 12.5. The fraction of sp³-hybridized carbons (Fsp3) is 0.538. The van der Waals surface area contributed by atoms with Gasteiger partial charge in [-0.25, -0.2) is 4.98 Å². The predicted molar refractivity (Wildman–Crippen MR) is 76.8 cm³/mol. The highest BCUT2D eigenvalue weighted by Gasteiger charge is 2.23. The van der Waals surface area contributed by atoms with E-state index >= 15 is 0 Å². The Balaban J connectivity index is 2.11. The van der Waals surface area contributed by atoms with Gasteiger partial charge in [-0.1, -0.05) is 18.5 Å². The van der Waals surface area contributed by atoms with E-state index in [-0.39, 0.29) is 5.91 Å². The topological polar surface area (TPSA) is 48.5 Å². The van der Waals surface area contributed by atoms with Gasteiger partial charge in [0, 0.05) is 39.4 Å². The summed E-state index contributed by atoms with van der Waals surface area (Å²) in [5, 5.41) is 3.32. The highest BCUT2D eigenvalue weighted by Crippen LogP contribution is 2.20. The SMILES string of the molecule is CCN1CCN(C(=O)c2cc(NC)ncc2Cl)CC1. The van der Waals surface area contributed by atoms with E-state index in [4.69, 9.17) is 11.6 Å². The van der Waals surface area contributed by atoms with Crippen molar-refractivity contribution < 1.29 is 4.79 Å². The maximum Gasteiger partial charge on any atom is 0.255 e. The van der Waals surface area contributed by atoms with Crippen LogP contribution in [-0.4, -0.2) is 60.5 Å². The number of aromatic nitrogens is 1. The second-order valence-electron chi connectivity index (χ2n) is 4.53. The first kappa shape index (κ1) is 14.1. The number of piperazine rings is 1. The van der Waals surface area contributed by atoms with Crippen molar-refractivity contribution in [3.8, 4) is 0 Å². The molecule has 0 aliphatic carbocycles. The molecule has 1 amide bonds. The summed E-state index contributed by atoms with van der Waals surface area (Å²) in [7, 11) is 1.77. The van der Waals surface area contributed by atoms with E-state index in [0.29, 0.717) is 16.4 Å². The maximum atomic E-state index is 12.5. The summed E-state index contributed by atoms with van der Waals surface area (Å²) in [4.78, 5) is 20.7. The van der Waals surface area contributed by atoms with Gasteiger partial charge in [-0.3, -0.25) is 4.79 Å². The zero-order chi connectivity index (χ0) is 13.8. The van der Waals surface area contributed by atoms with Gasteiger partial charge in [-0.2, -0.15) is 0 Å². The summed E-state index contributed by atoms with van der Waals surface area (Å²) in [6, 6.07) is 1.71. The quantitative estimate of drug-likeness (QED) is 0.914. The highest BCUT2D eigenvalue weighted by molar-refractivity contribution is 6.33. The fourth-order valence-corrected chi connectivity index (χ4v) is 2.36. The summed E-state index contributed by atoms with van der Waals surface area (Å²) >= 11 is 6.08. The van der Waals surface area contributed by atoms with Gasteiger partial charge in [0.25, 0.3) is 5.91 Å². The summed E-state index contributed by atoms with van der Waals surface area (Å²) in [6.07, 6.45) is 1.52. The van der Waals surface area contributed by atoms with Crippen LogP contribution >= 0.6 is 11.6 Å². The molecule has 0 bridgehead atoms. The number of carbonyl (C=O) groups excluding carboxylic acids is 1. The molecule has 1 aliphatic heterocycles. The van der Waals surface area contributed by atoms with Crippen molar-refractivity contribution in [2.24, 2.45) is 0 Å². The molecule has 0 atom stereocenters. The van der Waals surface area contributed by atoms with Gasteiger partial charge in [0.15, 0.2) is 0 Å². The molecule has 1 N–H and O–H groups in total. The molecule has 0 spiro atoms. The Labute approximate surface area is 118 Å². The number of halogens is 1. The first-order valence-electron chi connectivity index (χ1n) is 6.50. The number of anilines is 1. The van der Waals surface area contributed by atoms with Gasteiger partial charge in [0.1, 0.15) is 5.82 Å². The van der Waals surface area contributed by atoms with Crippen molar-refractivity contribution >= 4 is 23.3 Å². The number of hydrogen-bond acceptors (Lipinski definition) is 4. The van der Waals surface area contributed by atoms with E-state index in [2.05, 4.69) is 22.1 Å². The minimum absolute atomic E-state index is 0.0142. The molecule has 104 valence electrons. The molecular weight excluding hydrogens is 264 g/mol. The van der Waals surface area contributed by atoms with Crippen LogP contribution in [0.2, 0.25) is 5.02 Å². The molecule has 0 unspecified atom stereocenters. The van der Waals surface area contributed by atoms with Crippen molar-refractivity contribution in [2.45, 2.75) is 6.92 Å². The lowest BCUT2D eigenvalue weighted by Gasteiger charge is -2.34.